The Labute approximate surface area is 113 Å². The largest absolute Gasteiger partial charge is 0.341 e. The van der Waals surface area contributed by atoms with Crippen LogP contribution in [-0.2, 0) is 4.79 Å². The highest BCUT2D eigenvalue weighted by Gasteiger charge is 2.30. The van der Waals surface area contributed by atoms with E-state index in [1.165, 1.54) is 12.8 Å². The van der Waals surface area contributed by atoms with Crippen LogP contribution in [0.3, 0.4) is 0 Å². The van der Waals surface area contributed by atoms with Crippen molar-refractivity contribution < 1.29 is 4.79 Å². The average Bonchev–Trinajstić information content (AvgIpc) is 3.02. The first kappa shape index (κ1) is 12.7. The van der Waals surface area contributed by atoms with Crippen LogP contribution in [0.1, 0.15) is 43.7 Å². The fourth-order valence-corrected chi connectivity index (χ4v) is 3.21. The first-order chi connectivity index (χ1) is 9.34. The Morgan fingerprint density at radius 3 is 3.00 bits per heavy atom. The van der Waals surface area contributed by atoms with Gasteiger partial charge in [-0.25, -0.2) is 0 Å². The van der Waals surface area contributed by atoms with E-state index in [4.69, 9.17) is 0 Å². The fourth-order valence-electron chi connectivity index (χ4n) is 3.21. The number of carbonyl (C=O) groups excluding carboxylic acids is 1. The molecule has 0 spiro atoms. The molecule has 0 aliphatic carbocycles. The molecule has 2 N–H and O–H groups in total. The maximum absolute atomic E-state index is 12.5. The van der Waals surface area contributed by atoms with Crippen LogP contribution in [0, 0.1) is 0 Å². The lowest BCUT2D eigenvalue weighted by Gasteiger charge is -2.35. The van der Waals surface area contributed by atoms with Crippen LogP contribution in [0.25, 0.3) is 0 Å². The molecule has 3 rings (SSSR count). The standard InChI is InChI=1S/C14H22N4O/c19-14(13-5-1-2-7-15-13)18-9-3-4-11(10-18)12-6-8-16-17-12/h6,8,11,13,15H,1-5,7,9-10H2,(H,16,17). The monoisotopic (exact) mass is 262 g/mol. The summed E-state index contributed by atoms with van der Waals surface area (Å²) in [6.07, 6.45) is 7.37. The first-order valence-electron chi connectivity index (χ1n) is 7.36. The van der Waals surface area contributed by atoms with Crippen LogP contribution >= 0.6 is 0 Å². The van der Waals surface area contributed by atoms with E-state index in [9.17, 15) is 4.79 Å². The number of likely N-dealkylation sites (tertiary alicyclic amines) is 1. The molecule has 2 saturated heterocycles. The molecule has 1 aromatic rings. The molecule has 0 radical (unpaired) electrons. The van der Waals surface area contributed by atoms with E-state index in [2.05, 4.69) is 15.5 Å². The van der Waals surface area contributed by atoms with E-state index in [0.29, 0.717) is 11.8 Å². The molecule has 0 saturated carbocycles. The van der Waals surface area contributed by atoms with Gasteiger partial charge in [-0.3, -0.25) is 9.89 Å². The van der Waals surface area contributed by atoms with Gasteiger partial charge < -0.3 is 10.2 Å². The molecule has 2 aliphatic heterocycles. The summed E-state index contributed by atoms with van der Waals surface area (Å²) in [6, 6.07) is 2.08. The van der Waals surface area contributed by atoms with Crippen molar-refractivity contribution in [3.05, 3.63) is 18.0 Å². The van der Waals surface area contributed by atoms with Gasteiger partial charge in [0, 0.05) is 30.9 Å². The molecule has 1 aromatic heterocycles. The average molecular weight is 262 g/mol. The van der Waals surface area contributed by atoms with Crippen molar-refractivity contribution in [2.45, 2.75) is 44.1 Å². The third-order valence-electron chi connectivity index (χ3n) is 4.30. The number of amides is 1. The number of nitrogens with zero attached hydrogens (tertiary/aromatic N) is 2. The predicted molar refractivity (Wildman–Crippen MR) is 72.8 cm³/mol. The van der Waals surface area contributed by atoms with E-state index in [1.54, 1.807) is 6.20 Å². The Morgan fingerprint density at radius 1 is 1.32 bits per heavy atom. The maximum Gasteiger partial charge on any atom is 0.239 e. The van der Waals surface area contributed by atoms with Crippen molar-refractivity contribution in [3.8, 4) is 0 Å². The Hall–Kier alpha value is -1.36. The lowest BCUT2D eigenvalue weighted by Crippen LogP contribution is -2.51. The van der Waals surface area contributed by atoms with Gasteiger partial charge in [0.05, 0.1) is 6.04 Å². The van der Waals surface area contributed by atoms with Gasteiger partial charge in [0.15, 0.2) is 0 Å². The van der Waals surface area contributed by atoms with Gasteiger partial charge in [-0.1, -0.05) is 6.42 Å². The van der Waals surface area contributed by atoms with Gasteiger partial charge in [0.2, 0.25) is 5.91 Å². The topological polar surface area (TPSA) is 61.0 Å². The molecule has 5 nitrogen and oxygen atoms in total. The van der Waals surface area contributed by atoms with E-state index >= 15 is 0 Å². The minimum Gasteiger partial charge on any atom is -0.341 e. The molecule has 1 amide bonds. The van der Waals surface area contributed by atoms with E-state index in [1.807, 2.05) is 11.0 Å². The van der Waals surface area contributed by atoms with Crippen molar-refractivity contribution in [2.24, 2.45) is 0 Å². The van der Waals surface area contributed by atoms with Crippen LogP contribution in [0.2, 0.25) is 0 Å². The first-order valence-corrected chi connectivity index (χ1v) is 7.36. The van der Waals surface area contributed by atoms with Crippen LogP contribution in [-0.4, -0.2) is 46.7 Å². The normalized spacial score (nSPS) is 28.3. The van der Waals surface area contributed by atoms with E-state index in [-0.39, 0.29) is 6.04 Å². The SMILES string of the molecule is O=C(C1CCCCN1)N1CCCC(c2ccn[nH]2)C1. The maximum atomic E-state index is 12.5. The molecule has 2 fully saturated rings. The number of hydrogen-bond acceptors (Lipinski definition) is 3. The quantitative estimate of drug-likeness (QED) is 0.843. The van der Waals surface area contributed by atoms with Crippen molar-refractivity contribution in [2.75, 3.05) is 19.6 Å². The highest BCUT2D eigenvalue weighted by atomic mass is 16.2. The summed E-state index contributed by atoms with van der Waals surface area (Å²) in [5.74, 6) is 0.715. The Bertz CT molecular complexity index is 411. The Kier molecular flexibility index (Phi) is 3.82. The number of H-pyrrole nitrogens is 1. The van der Waals surface area contributed by atoms with Crippen LogP contribution in [0.4, 0.5) is 0 Å². The van der Waals surface area contributed by atoms with Crippen molar-refractivity contribution in [1.29, 1.82) is 0 Å². The number of nitrogens with one attached hydrogen (secondary N) is 2. The van der Waals surface area contributed by atoms with Gasteiger partial charge in [-0.15, -0.1) is 0 Å². The lowest BCUT2D eigenvalue weighted by atomic mass is 9.93. The minimum atomic E-state index is 0.0502. The number of aromatic amines is 1. The van der Waals surface area contributed by atoms with Gasteiger partial charge in [0.1, 0.15) is 0 Å². The minimum absolute atomic E-state index is 0.0502. The van der Waals surface area contributed by atoms with Crippen molar-refractivity contribution in [3.63, 3.8) is 0 Å². The van der Waals surface area contributed by atoms with Gasteiger partial charge >= 0.3 is 0 Å². The number of rotatable bonds is 2. The summed E-state index contributed by atoms with van der Waals surface area (Å²) in [5, 5.41) is 10.4. The van der Waals surface area contributed by atoms with Gasteiger partial charge in [0.25, 0.3) is 0 Å². The molecule has 2 atom stereocenters. The summed E-state index contributed by atoms with van der Waals surface area (Å²) in [5.41, 5.74) is 1.16. The smallest absolute Gasteiger partial charge is 0.239 e. The molecule has 19 heavy (non-hydrogen) atoms. The third-order valence-corrected chi connectivity index (χ3v) is 4.30. The van der Waals surface area contributed by atoms with Crippen molar-refractivity contribution >= 4 is 5.91 Å². The number of piperidine rings is 2. The molecule has 2 unspecified atom stereocenters. The van der Waals surface area contributed by atoms with Crippen molar-refractivity contribution in [1.82, 2.24) is 20.4 Å². The second-order valence-corrected chi connectivity index (χ2v) is 5.64. The van der Waals surface area contributed by atoms with Gasteiger partial charge in [-0.2, -0.15) is 5.10 Å². The zero-order valence-corrected chi connectivity index (χ0v) is 11.3. The molecule has 0 bridgehead atoms. The molecule has 2 aliphatic rings. The highest BCUT2D eigenvalue weighted by Crippen LogP contribution is 2.26. The number of aromatic nitrogens is 2. The van der Waals surface area contributed by atoms with Crippen LogP contribution in [0.5, 0.6) is 0 Å². The number of carbonyl (C=O) groups is 1. The summed E-state index contributed by atoms with van der Waals surface area (Å²) in [7, 11) is 0. The third kappa shape index (κ3) is 2.81. The molecular weight excluding hydrogens is 240 g/mol. The zero-order chi connectivity index (χ0) is 13.1. The van der Waals surface area contributed by atoms with E-state index in [0.717, 1.165) is 44.6 Å². The van der Waals surface area contributed by atoms with E-state index < -0.39 is 0 Å². The second-order valence-electron chi connectivity index (χ2n) is 5.64. The number of hydrogen-bond donors (Lipinski definition) is 2. The molecule has 0 aromatic carbocycles. The van der Waals surface area contributed by atoms with Gasteiger partial charge in [-0.05, 0) is 38.3 Å². The second kappa shape index (κ2) is 5.74. The highest BCUT2D eigenvalue weighted by molar-refractivity contribution is 5.82. The molecule has 104 valence electrons. The Balaban J connectivity index is 1.62. The van der Waals surface area contributed by atoms with Crippen LogP contribution < -0.4 is 5.32 Å². The fraction of sp³-hybridized carbons (Fsp3) is 0.714. The zero-order valence-electron chi connectivity index (χ0n) is 11.3. The summed E-state index contributed by atoms with van der Waals surface area (Å²) in [4.78, 5) is 14.5. The molecule has 5 heteroatoms. The predicted octanol–water partition coefficient (Wildman–Crippen LogP) is 1.26. The lowest BCUT2D eigenvalue weighted by molar-refractivity contribution is -0.135. The molecule has 3 heterocycles. The Morgan fingerprint density at radius 2 is 2.26 bits per heavy atom. The summed E-state index contributed by atoms with van der Waals surface area (Å²) >= 11 is 0. The summed E-state index contributed by atoms with van der Waals surface area (Å²) in [6.45, 7) is 2.72. The molecular formula is C14H22N4O. The summed E-state index contributed by atoms with van der Waals surface area (Å²) < 4.78 is 0. The van der Waals surface area contributed by atoms with Crippen LogP contribution in [0.15, 0.2) is 12.3 Å².